The van der Waals surface area contributed by atoms with E-state index in [0.29, 0.717) is 24.4 Å². The first-order valence-electron chi connectivity index (χ1n) is 12.0. The van der Waals surface area contributed by atoms with E-state index < -0.39 is 24.0 Å². The van der Waals surface area contributed by atoms with Crippen LogP contribution in [0.5, 0.6) is 0 Å². The smallest absolute Gasteiger partial charge is 0.407 e. The molecule has 36 heavy (non-hydrogen) atoms. The second kappa shape index (κ2) is 12.8. The molecule has 1 fully saturated rings. The third-order valence-electron chi connectivity index (χ3n) is 6.15. The van der Waals surface area contributed by atoms with Gasteiger partial charge in [0, 0.05) is 19.0 Å². The van der Waals surface area contributed by atoms with Crippen LogP contribution in [-0.4, -0.2) is 60.9 Å². The molecule has 2 atom stereocenters. The number of anilines is 1. The largest absolute Gasteiger partial charge is 0.453 e. The Bertz CT molecular complexity index is 1080. The van der Waals surface area contributed by atoms with Gasteiger partial charge in [0.05, 0.1) is 37.4 Å². The first-order valence-corrected chi connectivity index (χ1v) is 12.0. The van der Waals surface area contributed by atoms with Crippen LogP contribution < -0.4 is 16.0 Å². The van der Waals surface area contributed by atoms with Gasteiger partial charge in [-0.05, 0) is 24.0 Å². The maximum Gasteiger partial charge on any atom is 0.407 e. The maximum absolute atomic E-state index is 13.7. The minimum absolute atomic E-state index is 0.0894. The Labute approximate surface area is 210 Å². The molecule has 0 bridgehead atoms. The highest BCUT2D eigenvalue weighted by Gasteiger charge is 2.33. The zero-order valence-electron chi connectivity index (χ0n) is 20.2. The molecule has 3 aromatic rings. The van der Waals surface area contributed by atoms with E-state index in [1.807, 2.05) is 60.7 Å². The zero-order chi connectivity index (χ0) is 25.2. The molecule has 9 nitrogen and oxygen atoms in total. The standard InChI is InChI=1S/C27H31N5O4/c1-35-27(34)32-25(24(19-8-4-2-5-9-19)20-10-6-3-7-11-20)26(33)31-23-17-29-18-30-22(23)13-12-21-16-28-14-15-36-21/h2-11,17-18,21,24-25,28H,12-16H2,1H3,(H,31,33)(H,32,34)/t21-,25+/m1/s1. The summed E-state index contributed by atoms with van der Waals surface area (Å²) in [5.41, 5.74) is 2.97. The lowest BCUT2D eigenvalue weighted by Gasteiger charge is -2.28. The molecule has 2 aromatic carbocycles. The average molecular weight is 490 g/mol. The second-order valence-electron chi connectivity index (χ2n) is 8.52. The molecular formula is C27H31N5O4. The van der Waals surface area contributed by atoms with Crippen LogP contribution in [0.2, 0.25) is 0 Å². The van der Waals surface area contributed by atoms with Gasteiger partial charge in [-0.1, -0.05) is 60.7 Å². The van der Waals surface area contributed by atoms with Crippen molar-refractivity contribution < 1.29 is 19.1 Å². The van der Waals surface area contributed by atoms with Crippen LogP contribution in [0.4, 0.5) is 10.5 Å². The van der Waals surface area contributed by atoms with Crippen molar-refractivity contribution in [2.24, 2.45) is 0 Å². The van der Waals surface area contributed by atoms with Crippen molar-refractivity contribution in [3.63, 3.8) is 0 Å². The predicted molar refractivity (Wildman–Crippen MR) is 136 cm³/mol. The average Bonchev–Trinajstić information content (AvgIpc) is 2.94. The lowest BCUT2D eigenvalue weighted by Crippen LogP contribution is -2.48. The minimum atomic E-state index is -0.957. The number of methoxy groups -OCH3 is 1. The molecule has 1 saturated heterocycles. The van der Waals surface area contributed by atoms with Gasteiger partial charge in [-0.15, -0.1) is 0 Å². The number of alkyl carbamates (subject to hydrolysis) is 1. The molecule has 4 rings (SSSR count). The van der Waals surface area contributed by atoms with Gasteiger partial charge >= 0.3 is 6.09 Å². The van der Waals surface area contributed by atoms with Gasteiger partial charge in [0.15, 0.2) is 0 Å². The normalized spacial score (nSPS) is 16.2. The van der Waals surface area contributed by atoms with E-state index in [1.54, 1.807) is 6.20 Å². The van der Waals surface area contributed by atoms with Crippen molar-refractivity contribution in [1.82, 2.24) is 20.6 Å². The van der Waals surface area contributed by atoms with Gasteiger partial charge in [0.2, 0.25) is 5.91 Å². The number of nitrogens with one attached hydrogen (secondary N) is 3. The van der Waals surface area contributed by atoms with Crippen LogP contribution in [0.3, 0.4) is 0 Å². The second-order valence-corrected chi connectivity index (χ2v) is 8.52. The number of ether oxygens (including phenoxy) is 2. The van der Waals surface area contributed by atoms with Crippen LogP contribution >= 0.6 is 0 Å². The quantitative estimate of drug-likeness (QED) is 0.423. The summed E-state index contributed by atoms with van der Waals surface area (Å²) in [6, 6.07) is 18.2. The maximum atomic E-state index is 13.7. The van der Waals surface area contributed by atoms with Crippen LogP contribution in [0, 0.1) is 0 Å². The zero-order valence-corrected chi connectivity index (χ0v) is 20.2. The van der Waals surface area contributed by atoms with Crippen LogP contribution in [-0.2, 0) is 20.7 Å². The number of morpholine rings is 1. The molecule has 0 radical (unpaired) electrons. The van der Waals surface area contributed by atoms with Crippen molar-refractivity contribution >= 4 is 17.7 Å². The number of aromatic nitrogens is 2. The van der Waals surface area contributed by atoms with E-state index in [4.69, 9.17) is 9.47 Å². The molecule has 3 N–H and O–H groups in total. The third kappa shape index (κ3) is 6.65. The van der Waals surface area contributed by atoms with Crippen LogP contribution in [0.1, 0.15) is 29.2 Å². The summed E-state index contributed by atoms with van der Waals surface area (Å²) < 4.78 is 10.6. The molecule has 2 heterocycles. The lowest BCUT2D eigenvalue weighted by atomic mass is 9.84. The summed E-state index contributed by atoms with van der Waals surface area (Å²) in [6.07, 6.45) is 3.81. The predicted octanol–water partition coefficient (Wildman–Crippen LogP) is 2.89. The van der Waals surface area contributed by atoms with Gasteiger partial charge in [-0.2, -0.15) is 0 Å². The minimum Gasteiger partial charge on any atom is -0.453 e. The number of rotatable bonds is 9. The van der Waals surface area contributed by atoms with Gasteiger partial charge < -0.3 is 25.4 Å². The highest BCUT2D eigenvalue weighted by molar-refractivity contribution is 5.98. The molecule has 2 amide bonds. The monoisotopic (exact) mass is 489 g/mol. The Hall–Kier alpha value is -3.82. The van der Waals surface area contributed by atoms with E-state index >= 15 is 0 Å². The first-order chi connectivity index (χ1) is 17.7. The Kier molecular flexibility index (Phi) is 8.96. The Balaban J connectivity index is 1.60. The molecule has 1 aromatic heterocycles. The van der Waals surface area contributed by atoms with E-state index in [9.17, 15) is 9.59 Å². The number of carbonyl (C=O) groups excluding carboxylic acids is 2. The van der Waals surface area contributed by atoms with Crippen LogP contribution in [0.15, 0.2) is 73.2 Å². The fourth-order valence-electron chi connectivity index (χ4n) is 4.36. The highest BCUT2D eigenvalue weighted by atomic mass is 16.5. The number of benzene rings is 2. The molecule has 1 aliphatic rings. The van der Waals surface area contributed by atoms with E-state index in [-0.39, 0.29) is 6.10 Å². The number of nitrogens with zero attached hydrogens (tertiary/aromatic N) is 2. The van der Waals surface area contributed by atoms with Gasteiger partial charge in [-0.25, -0.2) is 14.8 Å². The molecular weight excluding hydrogens is 458 g/mol. The van der Waals surface area contributed by atoms with Gasteiger partial charge in [0.25, 0.3) is 0 Å². The third-order valence-corrected chi connectivity index (χ3v) is 6.15. The molecule has 9 heteroatoms. The van der Waals surface area contributed by atoms with E-state index in [2.05, 4.69) is 25.9 Å². The number of amides is 2. The first kappa shape index (κ1) is 25.3. The molecule has 0 saturated carbocycles. The summed E-state index contributed by atoms with van der Waals surface area (Å²) in [5.74, 6) is -0.856. The van der Waals surface area contributed by atoms with Crippen molar-refractivity contribution in [3.8, 4) is 0 Å². The number of hydrogen-bond acceptors (Lipinski definition) is 7. The topological polar surface area (TPSA) is 114 Å². The molecule has 0 aliphatic carbocycles. The Morgan fingerprint density at radius 2 is 1.81 bits per heavy atom. The van der Waals surface area contributed by atoms with E-state index in [0.717, 1.165) is 30.6 Å². The van der Waals surface area contributed by atoms with Crippen LogP contribution in [0.25, 0.3) is 0 Å². The number of aryl methyl sites for hydroxylation is 1. The van der Waals surface area contributed by atoms with Crippen molar-refractivity contribution in [2.45, 2.75) is 30.9 Å². The van der Waals surface area contributed by atoms with Gasteiger partial charge in [0.1, 0.15) is 12.4 Å². The summed E-state index contributed by atoms with van der Waals surface area (Å²) in [5, 5.41) is 9.02. The fraction of sp³-hybridized carbons (Fsp3) is 0.333. The summed E-state index contributed by atoms with van der Waals surface area (Å²) >= 11 is 0. The molecule has 0 spiro atoms. The van der Waals surface area contributed by atoms with Crippen molar-refractivity contribution in [3.05, 3.63) is 90.0 Å². The summed E-state index contributed by atoms with van der Waals surface area (Å²) in [6.45, 7) is 2.32. The molecule has 188 valence electrons. The summed E-state index contributed by atoms with van der Waals surface area (Å²) in [7, 11) is 1.27. The SMILES string of the molecule is COC(=O)N[C@H](C(=O)Nc1cncnc1CC[C@@H]1CNCCO1)C(c1ccccc1)c1ccccc1. The molecule has 0 unspecified atom stereocenters. The Morgan fingerprint density at radius 1 is 1.11 bits per heavy atom. The molecule has 1 aliphatic heterocycles. The Morgan fingerprint density at radius 3 is 2.42 bits per heavy atom. The summed E-state index contributed by atoms with van der Waals surface area (Å²) in [4.78, 5) is 34.6. The number of hydrogen-bond donors (Lipinski definition) is 3. The fourth-order valence-corrected chi connectivity index (χ4v) is 4.36. The number of carbonyl (C=O) groups is 2. The van der Waals surface area contributed by atoms with Gasteiger partial charge in [-0.3, -0.25) is 4.79 Å². The van der Waals surface area contributed by atoms with E-state index in [1.165, 1.54) is 13.4 Å². The highest BCUT2D eigenvalue weighted by Crippen LogP contribution is 2.29. The van der Waals surface area contributed by atoms with Crippen molar-refractivity contribution in [2.75, 3.05) is 32.1 Å². The van der Waals surface area contributed by atoms with Crippen molar-refractivity contribution in [1.29, 1.82) is 0 Å². The lowest BCUT2D eigenvalue weighted by molar-refractivity contribution is -0.118.